The Hall–Kier alpha value is -2.90. The number of fused-ring (bicyclic) bond motifs is 1. The molecule has 1 heterocycles. The first-order valence-corrected chi connectivity index (χ1v) is 11.9. The van der Waals surface area contributed by atoms with Gasteiger partial charge in [0.15, 0.2) is 5.96 Å². The zero-order chi connectivity index (χ0) is 22.5. The normalized spacial score (nSPS) is 22.2. The highest BCUT2D eigenvalue weighted by Gasteiger charge is 2.27. The maximum atomic E-state index is 12.9. The molecule has 0 spiro atoms. The number of nitrogens with zero attached hydrogens (tertiary/aromatic N) is 3. The third-order valence-electron chi connectivity index (χ3n) is 6.68. The molecule has 2 fully saturated rings. The van der Waals surface area contributed by atoms with E-state index in [-0.39, 0.29) is 29.9 Å². The van der Waals surface area contributed by atoms with E-state index in [1.54, 1.807) is 0 Å². The van der Waals surface area contributed by atoms with Gasteiger partial charge in [-0.2, -0.15) is 4.98 Å². The van der Waals surface area contributed by atoms with Gasteiger partial charge in [-0.05, 0) is 44.7 Å². The number of aryl methyl sites for hydroxylation is 1. The Kier molecular flexibility index (Phi) is 7.07. The van der Waals surface area contributed by atoms with Gasteiger partial charge in [-0.1, -0.05) is 50.2 Å². The highest BCUT2D eigenvalue weighted by molar-refractivity contribution is 5.95. The quantitative estimate of drug-likeness (QED) is 0.319. The van der Waals surface area contributed by atoms with Gasteiger partial charge in [0, 0.05) is 11.3 Å². The summed E-state index contributed by atoms with van der Waals surface area (Å²) in [5.41, 5.74) is 13.3. The first kappa shape index (κ1) is 22.3. The van der Waals surface area contributed by atoms with Crippen LogP contribution < -0.4 is 22.1 Å². The fourth-order valence-electron chi connectivity index (χ4n) is 4.96. The third-order valence-corrected chi connectivity index (χ3v) is 6.68. The molecule has 32 heavy (non-hydrogen) atoms. The number of guanidine groups is 1. The molecule has 1 aromatic heterocycles. The average Bonchev–Trinajstić information content (AvgIpc) is 3.05. The first-order chi connectivity index (χ1) is 15.5. The van der Waals surface area contributed by atoms with Crippen molar-refractivity contribution in [2.24, 2.45) is 22.4 Å². The zero-order valence-electron chi connectivity index (χ0n) is 18.9. The van der Waals surface area contributed by atoms with Crippen molar-refractivity contribution in [1.82, 2.24) is 9.97 Å². The van der Waals surface area contributed by atoms with Crippen LogP contribution in [0.5, 0.6) is 0 Å². The Balaban J connectivity index is 1.62. The Morgan fingerprint density at radius 3 is 2.47 bits per heavy atom. The molecule has 2 unspecified atom stereocenters. The minimum atomic E-state index is 0.00704. The Bertz CT molecular complexity index is 978. The molecule has 0 radical (unpaired) electrons. The number of hydrogen-bond acceptors (Lipinski definition) is 5. The van der Waals surface area contributed by atoms with Gasteiger partial charge in [-0.3, -0.25) is 10.1 Å². The summed E-state index contributed by atoms with van der Waals surface area (Å²) in [6.45, 7) is 2.05. The summed E-state index contributed by atoms with van der Waals surface area (Å²) in [6, 6.07) is 6.17. The second kappa shape index (κ2) is 10.1. The van der Waals surface area contributed by atoms with E-state index in [0.717, 1.165) is 73.7 Å². The number of carbonyl (C=O) groups excluding carboxylic acids is 1. The summed E-state index contributed by atoms with van der Waals surface area (Å²) in [6.07, 6.45) is 10.6. The van der Waals surface area contributed by atoms with Crippen molar-refractivity contribution in [1.29, 1.82) is 0 Å². The second-order valence-corrected chi connectivity index (χ2v) is 9.25. The number of hydrogen-bond donors (Lipinski definition) is 4. The smallest absolute Gasteiger partial charge is 0.231 e. The fraction of sp³-hybridized carbons (Fsp3) is 0.583. The molecule has 0 saturated heterocycles. The summed E-state index contributed by atoms with van der Waals surface area (Å²) in [5.74, 6) is 1.25. The van der Waals surface area contributed by atoms with E-state index in [4.69, 9.17) is 16.5 Å². The molecule has 8 nitrogen and oxygen atoms in total. The monoisotopic (exact) mass is 437 g/mol. The van der Waals surface area contributed by atoms with E-state index >= 15 is 0 Å². The highest BCUT2D eigenvalue weighted by Crippen LogP contribution is 2.29. The highest BCUT2D eigenvalue weighted by atomic mass is 16.2. The fourth-order valence-corrected chi connectivity index (χ4v) is 4.96. The van der Waals surface area contributed by atoms with Crippen molar-refractivity contribution in [2.45, 2.75) is 83.2 Å². The number of benzene rings is 1. The zero-order valence-corrected chi connectivity index (χ0v) is 18.9. The topological polar surface area (TPSA) is 131 Å². The summed E-state index contributed by atoms with van der Waals surface area (Å²) in [7, 11) is 0. The lowest BCUT2D eigenvalue weighted by Gasteiger charge is -2.30. The molecule has 2 aliphatic carbocycles. The summed E-state index contributed by atoms with van der Waals surface area (Å²) in [4.78, 5) is 26.8. The number of aromatic nitrogens is 2. The molecule has 8 heteroatoms. The first-order valence-electron chi connectivity index (χ1n) is 11.9. The molecular weight excluding hydrogens is 402 g/mol. The van der Waals surface area contributed by atoms with Gasteiger partial charge in [-0.15, -0.1) is 0 Å². The predicted molar refractivity (Wildman–Crippen MR) is 130 cm³/mol. The van der Waals surface area contributed by atoms with Crippen molar-refractivity contribution < 1.29 is 4.79 Å². The maximum absolute atomic E-state index is 12.9. The van der Waals surface area contributed by atoms with Gasteiger partial charge < -0.3 is 16.8 Å². The van der Waals surface area contributed by atoms with Gasteiger partial charge in [-0.25, -0.2) is 9.98 Å². The lowest BCUT2D eigenvalue weighted by molar-refractivity contribution is -0.120. The Morgan fingerprint density at radius 2 is 1.72 bits per heavy atom. The molecule has 2 aromatic rings. The van der Waals surface area contributed by atoms with Gasteiger partial charge in [0.05, 0.1) is 17.6 Å². The molecule has 0 bridgehead atoms. The van der Waals surface area contributed by atoms with Crippen molar-refractivity contribution >= 4 is 34.5 Å². The largest absolute Gasteiger partial charge is 0.370 e. The van der Waals surface area contributed by atoms with Crippen LogP contribution in [0, 0.1) is 12.8 Å². The minimum absolute atomic E-state index is 0.00704. The standard InChI is InChI=1S/C24H35N7O/c1-15-12-13-18-17(14-15)21(27-19-10-6-7-11-20(19)28-23(25)26)30-24(29-18)31-22(32)16-8-4-2-3-5-9-16/h12-14,16,19-20H,2-11H2,1H3,(H4,25,26,28)(H2,27,29,30,31,32). The molecule has 2 aliphatic rings. The van der Waals surface area contributed by atoms with Gasteiger partial charge in [0.1, 0.15) is 5.82 Å². The van der Waals surface area contributed by atoms with Gasteiger partial charge in [0.2, 0.25) is 11.9 Å². The molecule has 4 rings (SSSR count). The lowest BCUT2D eigenvalue weighted by Crippen LogP contribution is -2.38. The average molecular weight is 438 g/mol. The number of aliphatic imine (C=N–C) groups is 1. The van der Waals surface area contributed by atoms with Crippen molar-refractivity contribution in [3.05, 3.63) is 23.8 Å². The summed E-state index contributed by atoms with van der Waals surface area (Å²) < 4.78 is 0. The molecule has 6 N–H and O–H groups in total. The van der Waals surface area contributed by atoms with Gasteiger partial charge in [0.25, 0.3) is 0 Å². The number of nitrogens with one attached hydrogen (secondary N) is 2. The molecule has 2 saturated carbocycles. The third kappa shape index (κ3) is 5.47. The maximum Gasteiger partial charge on any atom is 0.231 e. The molecule has 1 aromatic carbocycles. The second-order valence-electron chi connectivity index (χ2n) is 9.25. The Labute approximate surface area is 189 Å². The predicted octanol–water partition coefficient (Wildman–Crippen LogP) is 3.84. The molecule has 0 aliphatic heterocycles. The van der Waals surface area contributed by atoms with Crippen LogP contribution in [0.15, 0.2) is 23.2 Å². The van der Waals surface area contributed by atoms with E-state index in [9.17, 15) is 4.79 Å². The van der Waals surface area contributed by atoms with Crippen LogP contribution in [0.1, 0.15) is 69.8 Å². The van der Waals surface area contributed by atoms with E-state index < -0.39 is 0 Å². The molecule has 1 amide bonds. The van der Waals surface area contributed by atoms with Crippen LogP contribution >= 0.6 is 0 Å². The van der Waals surface area contributed by atoms with Gasteiger partial charge >= 0.3 is 0 Å². The van der Waals surface area contributed by atoms with Crippen molar-refractivity contribution in [3.8, 4) is 0 Å². The summed E-state index contributed by atoms with van der Waals surface area (Å²) in [5, 5.41) is 7.52. The SMILES string of the molecule is Cc1ccc2nc(NC(=O)C3CCCCCC3)nc(NC3CCCCC3N=C(N)N)c2c1. The van der Waals surface area contributed by atoms with E-state index in [0.29, 0.717) is 5.95 Å². The van der Waals surface area contributed by atoms with Crippen molar-refractivity contribution in [2.75, 3.05) is 10.6 Å². The number of nitrogens with two attached hydrogens (primary N) is 2. The van der Waals surface area contributed by atoms with Crippen molar-refractivity contribution in [3.63, 3.8) is 0 Å². The van der Waals surface area contributed by atoms with Crippen LogP contribution in [-0.2, 0) is 4.79 Å². The molecular formula is C24H35N7O. The number of rotatable bonds is 5. The molecule has 172 valence electrons. The number of amides is 1. The van der Waals surface area contributed by atoms with E-state index in [1.807, 2.05) is 19.1 Å². The van der Waals surface area contributed by atoms with Crippen LogP contribution in [0.25, 0.3) is 10.9 Å². The summed E-state index contributed by atoms with van der Waals surface area (Å²) >= 11 is 0. The van der Waals surface area contributed by atoms with Crippen LogP contribution in [0.4, 0.5) is 11.8 Å². The number of carbonyl (C=O) groups is 1. The molecule has 2 atom stereocenters. The van der Waals surface area contributed by atoms with Crippen LogP contribution in [-0.4, -0.2) is 33.9 Å². The van der Waals surface area contributed by atoms with E-state index in [2.05, 4.69) is 26.7 Å². The number of anilines is 2. The van der Waals surface area contributed by atoms with E-state index in [1.165, 1.54) is 12.8 Å². The lowest BCUT2D eigenvalue weighted by atomic mass is 9.90. The minimum Gasteiger partial charge on any atom is -0.370 e. The van der Waals surface area contributed by atoms with Crippen LogP contribution in [0.2, 0.25) is 0 Å². The Morgan fingerprint density at radius 1 is 1.00 bits per heavy atom. The van der Waals surface area contributed by atoms with Crippen LogP contribution in [0.3, 0.4) is 0 Å².